The molecular weight excluding hydrogens is 394 g/mol. The van der Waals surface area contributed by atoms with Crippen molar-refractivity contribution in [2.24, 2.45) is 0 Å². The Balaban J connectivity index is 2.03. The first-order valence-electron chi connectivity index (χ1n) is 9.65. The van der Waals surface area contributed by atoms with E-state index in [1.807, 2.05) is 24.3 Å². The maximum Gasteiger partial charge on any atom is 0.328 e. The number of terminal acetylenes is 1. The van der Waals surface area contributed by atoms with Crippen LogP contribution in [-0.4, -0.2) is 43.0 Å². The molecule has 7 heteroatoms. The Morgan fingerprint density at radius 2 is 1.84 bits per heavy atom. The number of nitrogens with one attached hydrogen (secondary N) is 2. The number of benzene rings is 2. The molecule has 0 bridgehead atoms. The number of amides is 2. The zero-order valence-electron chi connectivity index (χ0n) is 17.6. The highest BCUT2D eigenvalue weighted by Crippen LogP contribution is 2.30. The lowest BCUT2D eigenvalue weighted by Crippen LogP contribution is -2.42. The van der Waals surface area contributed by atoms with Gasteiger partial charge in [0.1, 0.15) is 11.9 Å². The zero-order valence-corrected chi connectivity index (χ0v) is 17.6. The summed E-state index contributed by atoms with van der Waals surface area (Å²) in [4.78, 5) is 41.8. The monoisotopic (exact) mass is 417 g/mol. The number of carbonyl (C=O) groups is 3. The molecule has 3 rings (SSSR count). The fourth-order valence-corrected chi connectivity index (χ4v) is 3.47. The molecule has 1 heterocycles. The lowest BCUT2D eigenvalue weighted by Gasteiger charge is -2.20. The Morgan fingerprint density at radius 3 is 2.45 bits per heavy atom. The molecule has 7 nitrogen and oxygen atoms in total. The van der Waals surface area contributed by atoms with E-state index in [-0.39, 0.29) is 18.2 Å². The number of aromatic nitrogens is 1. The molecule has 1 atom stereocenters. The maximum atomic E-state index is 13.1. The van der Waals surface area contributed by atoms with Crippen molar-refractivity contribution in [1.29, 1.82) is 0 Å². The van der Waals surface area contributed by atoms with E-state index in [0.29, 0.717) is 16.9 Å². The molecule has 0 fully saturated rings. The molecule has 3 aromatic rings. The number of nitrogens with zero attached hydrogens (tertiary/aromatic N) is 1. The smallest absolute Gasteiger partial charge is 0.328 e. The molecule has 31 heavy (non-hydrogen) atoms. The van der Waals surface area contributed by atoms with E-state index in [9.17, 15) is 14.4 Å². The van der Waals surface area contributed by atoms with Gasteiger partial charge in [0, 0.05) is 48.0 Å². The highest BCUT2D eigenvalue weighted by Gasteiger charge is 2.27. The molecule has 0 aliphatic rings. The van der Waals surface area contributed by atoms with Crippen LogP contribution >= 0.6 is 0 Å². The number of anilines is 1. The van der Waals surface area contributed by atoms with Gasteiger partial charge in [-0.15, -0.1) is 6.42 Å². The number of H-pyrrole nitrogens is 1. The highest BCUT2D eigenvalue weighted by atomic mass is 16.5. The topological polar surface area (TPSA) is 91.5 Å². The Morgan fingerprint density at radius 1 is 1.16 bits per heavy atom. The maximum absolute atomic E-state index is 13.1. The van der Waals surface area contributed by atoms with Gasteiger partial charge in [-0.1, -0.05) is 24.1 Å². The van der Waals surface area contributed by atoms with Crippen LogP contribution < -0.4 is 10.2 Å². The van der Waals surface area contributed by atoms with Gasteiger partial charge in [-0.3, -0.25) is 14.5 Å². The van der Waals surface area contributed by atoms with Gasteiger partial charge in [0.05, 0.1) is 7.11 Å². The number of carbonyl (C=O) groups excluding carboxylic acids is 3. The zero-order chi connectivity index (χ0) is 22.5. The molecular formula is C24H23N3O4. The first kappa shape index (κ1) is 21.7. The number of ether oxygens (including phenoxy) is 1. The van der Waals surface area contributed by atoms with E-state index in [1.54, 1.807) is 31.3 Å². The molecule has 2 aromatic carbocycles. The largest absolute Gasteiger partial charge is 0.467 e. The average Bonchev–Trinajstić information content (AvgIpc) is 3.15. The number of aromatic amines is 1. The second-order valence-corrected chi connectivity index (χ2v) is 7.06. The fourth-order valence-electron chi connectivity index (χ4n) is 3.47. The van der Waals surface area contributed by atoms with Crippen molar-refractivity contribution in [2.45, 2.75) is 19.4 Å². The van der Waals surface area contributed by atoms with E-state index >= 15 is 0 Å². The van der Waals surface area contributed by atoms with Crippen molar-refractivity contribution in [3.8, 4) is 12.3 Å². The van der Waals surface area contributed by atoms with Crippen molar-refractivity contribution < 1.29 is 19.1 Å². The highest BCUT2D eigenvalue weighted by molar-refractivity contribution is 6.07. The van der Waals surface area contributed by atoms with E-state index in [2.05, 4.69) is 16.2 Å². The Bertz CT molecular complexity index is 1170. The van der Waals surface area contributed by atoms with Crippen molar-refractivity contribution in [3.63, 3.8) is 0 Å². The molecule has 0 saturated carbocycles. The molecule has 0 spiro atoms. The minimum absolute atomic E-state index is 0.152. The summed E-state index contributed by atoms with van der Waals surface area (Å²) in [5.41, 5.74) is 2.68. The molecule has 1 aromatic heterocycles. The minimum Gasteiger partial charge on any atom is -0.467 e. The Hall–Kier alpha value is -4.05. The van der Waals surface area contributed by atoms with Crippen LogP contribution in [-0.2, 0) is 20.7 Å². The lowest BCUT2D eigenvalue weighted by atomic mass is 10.0. The van der Waals surface area contributed by atoms with Crippen molar-refractivity contribution in [2.75, 3.05) is 19.1 Å². The quantitative estimate of drug-likeness (QED) is 0.477. The van der Waals surface area contributed by atoms with Crippen LogP contribution in [0.25, 0.3) is 10.9 Å². The van der Waals surface area contributed by atoms with Crippen LogP contribution in [0.1, 0.15) is 28.4 Å². The lowest BCUT2D eigenvalue weighted by molar-refractivity contribution is -0.144. The normalized spacial score (nSPS) is 11.4. The summed E-state index contributed by atoms with van der Waals surface area (Å²) in [6, 6.07) is 13.4. The summed E-state index contributed by atoms with van der Waals surface area (Å²) < 4.78 is 4.85. The predicted octanol–water partition coefficient (Wildman–Crippen LogP) is 2.65. The van der Waals surface area contributed by atoms with Gasteiger partial charge in [0.15, 0.2) is 0 Å². The number of rotatable bonds is 6. The minimum atomic E-state index is -0.890. The van der Waals surface area contributed by atoms with Gasteiger partial charge in [0.2, 0.25) is 5.91 Å². The predicted molar refractivity (Wildman–Crippen MR) is 119 cm³/mol. The molecule has 2 amide bonds. The SMILES string of the molecule is C#Cc1ccc(C(=O)N(C)c2[nH]c3ccccc3c2C[C@H](NC(C)=O)C(=O)OC)cc1. The van der Waals surface area contributed by atoms with Gasteiger partial charge in [-0.25, -0.2) is 4.79 Å². The molecule has 2 N–H and O–H groups in total. The molecule has 0 radical (unpaired) electrons. The number of esters is 1. The van der Waals surface area contributed by atoms with Crippen molar-refractivity contribution in [3.05, 3.63) is 65.2 Å². The van der Waals surface area contributed by atoms with Gasteiger partial charge >= 0.3 is 5.97 Å². The van der Waals surface area contributed by atoms with Gasteiger partial charge in [0.25, 0.3) is 5.91 Å². The molecule has 0 saturated heterocycles. The van der Waals surface area contributed by atoms with Gasteiger partial charge in [-0.05, 0) is 30.3 Å². The third-order valence-corrected chi connectivity index (χ3v) is 5.00. The molecule has 158 valence electrons. The molecule has 0 aliphatic carbocycles. The van der Waals surface area contributed by atoms with Crippen LogP contribution in [0.4, 0.5) is 5.82 Å². The van der Waals surface area contributed by atoms with Gasteiger partial charge in [-0.2, -0.15) is 0 Å². The van der Waals surface area contributed by atoms with E-state index in [0.717, 1.165) is 16.5 Å². The second-order valence-electron chi connectivity index (χ2n) is 7.06. The number of para-hydroxylation sites is 1. The second kappa shape index (κ2) is 9.18. The van der Waals surface area contributed by atoms with Crippen LogP contribution in [0.15, 0.2) is 48.5 Å². The summed E-state index contributed by atoms with van der Waals surface area (Å²) in [7, 11) is 2.92. The van der Waals surface area contributed by atoms with Gasteiger partial charge < -0.3 is 15.0 Å². The number of hydrogen-bond donors (Lipinski definition) is 2. The fraction of sp³-hybridized carbons (Fsp3) is 0.208. The average molecular weight is 417 g/mol. The van der Waals surface area contributed by atoms with E-state index < -0.39 is 12.0 Å². The van der Waals surface area contributed by atoms with Crippen LogP contribution in [0.3, 0.4) is 0 Å². The Kier molecular flexibility index (Phi) is 6.41. The third kappa shape index (κ3) is 4.59. The van der Waals surface area contributed by atoms with E-state index in [1.165, 1.54) is 18.9 Å². The summed E-state index contributed by atoms with van der Waals surface area (Å²) in [5, 5.41) is 3.47. The summed E-state index contributed by atoms with van der Waals surface area (Å²) in [5.74, 6) is 1.90. The third-order valence-electron chi connectivity index (χ3n) is 5.00. The first-order chi connectivity index (χ1) is 14.8. The summed E-state index contributed by atoms with van der Waals surface area (Å²) in [6.07, 6.45) is 5.54. The molecule has 0 unspecified atom stereocenters. The number of methoxy groups -OCH3 is 1. The summed E-state index contributed by atoms with van der Waals surface area (Å²) >= 11 is 0. The first-order valence-corrected chi connectivity index (χ1v) is 9.65. The van der Waals surface area contributed by atoms with E-state index in [4.69, 9.17) is 11.2 Å². The number of hydrogen-bond acceptors (Lipinski definition) is 4. The van der Waals surface area contributed by atoms with Crippen LogP contribution in [0, 0.1) is 12.3 Å². The van der Waals surface area contributed by atoms with Crippen molar-refractivity contribution in [1.82, 2.24) is 10.3 Å². The number of fused-ring (bicyclic) bond motifs is 1. The standard InChI is InChI=1S/C24H23N3O4/c1-5-16-10-12-17(13-11-16)23(29)27(3)22-19(18-8-6-7-9-20(18)26-22)14-21(24(30)31-4)25-15(2)28/h1,6-13,21,26H,14H2,2-4H3,(H,25,28)/t21-/m0/s1. The Labute approximate surface area is 180 Å². The molecule has 0 aliphatic heterocycles. The van der Waals surface area contributed by atoms with Crippen LogP contribution in [0.5, 0.6) is 0 Å². The van der Waals surface area contributed by atoms with Crippen molar-refractivity contribution >= 4 is 34.5 Å². The summed E-state index contributed by atoms with van der Waals surface area (Å²) in [6.45, 7) is 1.33. The van der Waals surface area contributed by atoms with Crippen LogP contribution in [0.2, 0.25) is 0 Å².